The number of sulfonamides is 1. The SMILES string of the molecule is CN(Cc1ccccc1)S(=O)(=O)c1ccc(NC(=S)NC[C@@H]2CCCO2)cc1. The van der Waals surface area contributed by atoms with Gasteiger partial charge >= 0.3 is 0 Å². The summed E-state index contributed by atoms with van der Waals surface area (Å²) in [6, 6.07) is 16.1. The van der Waals surface area contributed by atoms with E-state index in [4.69, 9.17) is 17.0 Å². The molecule has 1 aliphatic rings. The van der Waals surface area contributed by atoms with Crippen LogP contribution in [0.3, 0.4) is 0 Å². The highest BCUT2D eigenvalue weighted by molar-refractivity contribution is 7.89. The van der Waals surface area contributed by atoms with Gasteiger partial charge in [-0.15, -0.1) is 0 Å². The molecule has 0 aromatic heterocycles. The van der Waals surface area contributed by atoms with Crippen molar-refractivity contribution in [3.63, 3.8) is 0 Å². The Balaban J connectivity index is 1.57. The number of nitrogens with zero attached hydrogens (tertiary/aromatic N) is 1. The summed E-state index contributed by atoms with van der Waals surface area (Å²) < 4.78 is 32.4. The first-order valence-electron chi connectivity index (χ1n) is 9.22. The van der Waals surface area contributed by atoms with Gasteiger partial charge in [-0.1, -0.05) is 30.3 Å². The monoisotopic (exact) mass is 419 g/mol. The smallest absolute Gasteiger partial charge is 0.243 e. The molecule has 0 spiro atoms. The summed E-state index contributed by atoms with van der Waals surface area (Å²) in [6.07, 6.45) is 2.33. The highest BCUT2D eigenvalue weighted by atomic mass is 32.2. The number of ether oxygens (including phenoxy) is 1. The Labute approximate surface area is 171 Å². The van der Waals surface area contributed by atoms with E-state index in [0.29, 0.717) is 18.2 Å². The Morgan fingerprint density at radius 1 is 1.18 bits per heavy atom. The molecular formula is C20H25N3O3S2. The first-order chi connectivity index (χ1) is 13.4. The molecule has 2 aromatic carbocycles. The third kappa shape index (κ3) is 5.51. The normalized spacial score (nSPS) is 16.9. The first kappa shape index (κ1) is 20.7. The van der Waals surface area contributed by atoms with Crippen LogP contribution in [0.5, 0.6) is 0 Å². The number of hydrogen-bond donors (Lipinski definition) is 2. The molecular weight excluding hydrogens is 394 g/mol. The summed E-state index contributed by atoms with van der Waals surface area (Å²) in [5, 5.41) is 6.70. The molecule has 1 atom stereocenters. The maximum Gasteiger partial charge on any atom is 0.243 e. The second kappa shape index (κ2) is 9.47. The quantitative estimate of drug-likeness (QED) is 0.673. The maximum absolute atomic E-state index is 12.8. The minimum atomic E-state index is -3.56. The van der Waals surface area contributed by atoms with Crippen molar-refractivity contribution >= 4 is 33.0 Å². The highest BCUT2D eigenvalue weighted by Crippen LogP contribution is 2.19. The van der Waals surface area contributed by atoms with Gasteiger partial charge in [0, 0.05) is 32.4 Å². The lowest BCUT2D eigenvalue weighted by atomic mass is 10.2. The fraction of sp³-hybridized carbons (Fsp3) is 0.350. The first-order valence-corrected chi connectivity index (χ1v) is 11.1. The molecule has 0 saturated carbocycles. The molecule has 2 N–H and O–H groups in total. The molecule has 1 aliphatic heterocycles. The lowest BCUT2D eigenvalue weighted by molar-refractivity contribution is 0.114. The summed E-state index contributed by atoms with van der Waals surface area (Å²) in [5.41, 5.74) is 1.67. The average Bonchev–Trinajstić information content (AvgIpc) is 3.21. The van der Waals surface area contributed by atoms with Gasteiger partial charge in [-0.25, -0.2) is 8.42 Å². The van der Waals surface area contributed by atoms with Crippen molar-refractivity contribution in [2.45, 2.75) is 30.4 Å². The van der Waals surface area contributed by atoms with Crippen molar-refractivity contribution in [3.8, 4) is 0 Å². The molecule has 0 aliphatic carbocycles. The number of anilines is 1. The van der Waals surface area contributed by atoms with Gasteiger partial charge in [0.1, 0.15) is 0 Å². The van der Waals surface area contributed by atoms with Crippen LogP contribution >= 0.6 is 12.2 Å². The molecule has 0 bridgehead atoms. The van der Waals surface area contributed by atoms with E-state index in [1.165, 1.54) is 4.31 Å². The van der Waals surface area contributed by atoms with Crippen LogP contribution in [0.15, 0.2) is 59.5 Å². The summed E-state index contributed by atoms with van der Waals surface area (Å²) >= 11 is 5.29. The Morgan fingerprint density at radius 3 is 2.54 bits per heavy atom. The van der Waals surface area contributed by atoms with Crippen molar-refractivity contribution in [1.82, 2.24) is 9.62 Å². The second-order valence-corrected chi connectivity index (χ2v) is 9.19. The Morgan fingerprint density at radius 2 is 1.89 bits per heavy atom. The Kier molecular flexibility index (Phi) is 7.01. The average molecular weight is 420 g/mol. The van der Waals surface area contributed by atoms with Crippen molar-refractivity contribution in [2.75, 3.05) is 25.5 Å². The van der Waals surface area contributed by atoms with E-state index >= 15 is 0 Å². The Hall–Kier alpha value is -2.00. The van der Waals surface area contributed by atoms with E-state index < -0.39 is 10.0 Å². The standard InChI is InChI=1S/C20H25N3O3S2/c1-23(15-16-6-3-2-4-7-16)28(24,25)19-11-9-17(10-12-19)22-20(27)21-14-18-8-5-13-26-18/h2-4,6-7,9-12,18H,5,8,13-15H2,1H3,(H2,21,22,27)/t18-/m0/s1. The fourth-order valence-corrected chi connectivity index (χ4v) is 4.36. The van der Waals surface area contributed by atoms with Crippen molar-refractivity contribution in [3.05, 3.63) is 60.2 Å². The lowest BCUT2D eigenvalue weighted by Gasteiger charge is -2.18. The molecule has 1 heterocycles. The number of nitrogens with one attached hydrogen (secondary N) is 2. The van der Waals surface area contributed by atoms with Crippen molar-refractivity contribution in [1.29, 1.82) is 0 Å². The largest absolute Gasteiger partial charge is 0.376 e. The summed E-state index contributed by atoms with van der Waals surface area (Å²) in [4.78, 5) is 0.245. The van der Waals surface area contributed by atoms with Crippen molar-refractivity contribution < 1.29 is 13.2 Å². The van der Waals surface area contributed by atoms with Gasteiger partial charge < -0.3 is 15.4 Å². The molecule has 6 nitrogen and oxygen atoms in total. The van der Waals surface area contributed by atoms with Gasteiger partial charge in [-0.3, -0.25) is 0 Å². The summed E-state index contributed by atoms with van der Waals surface area (Å²) in [6.45, 7) is 1.80. The Bertz CT molecular complexity index is 881. The molecule has 1 fully saturated rings. The predicted octanol–water partition coefficient (Wildman–Crippen LogP) is 2.97. The van der Waals surface area contributed by atoms with E-state index in [1.807, 2.05) is 30.3 Å². The van der Waals surface area contributed by atoms with Gasteiger partial charge in [0.15, 0.2) is 5.11 Å². The maximum atomic E-state index is 12.8. The molecule has 0 unspecified atom stereocenters. The third-order valence-electron chi connectivity index (χ3n) is 4.58. The molecule has 1 saturated heterocycles. The molecule has 8 heteroatoms. The number of thiocarbonyl (C=S) groups is 1. The zero-order valence-corrected chi connectivity index (χ0v) is 17.4. The minimum Gasteiger partial charge on any atom is -0.376 e. The van der Waals surface area contributed by atoms with Crippen LogP contribution in [0, 0.1) is 0 Å². The van der Waals surface area contributed by atoms with Crippen LogP contribution in [0.1, 0.15) is 18.4 Å². The lowest BCUT2D eigenvalue weighted by Crippen LogP contribution is -2.34. The number of benzene rings is 2. The number of rotatable bonds is 7. The molecule has 28 heavy (non-hydrogen) atoms. The van der Waals surface area contributed by atoms with Crippen LogP contribution in [-0.4, -0.2) is 44.1 Å². The van der Waals surface area contributed by atoms with Gasteiger partial charge in [0.25, 0.3) is 0 Å². The zero-order chi connectivity index (χ0) is 20.0. The predicted molar refractivity (Wildman–Crippen MR) is 115 cm³/mol. The zero-order valence-electron chi connectivity index (χ0n) is 15.8. The van der Waals surface area contributed by atoms with Gasteiger partial charge in [-0.2, -0.15) is 4.31 Å². The van der Waals surface area contributed by atoms with E-state index in [0.717, 1.165) is 30.7 Å². The molecule has 150 valence electrons. The highest BCUT2D eigenvalue weighted by Gasteiger charge is 2.21. The van der Waals surface area contributed by atoms with E-state index in [1.54, 1.807) is 31.3 Å². The third-order valence-corrected chi connectivity index (χ3v) is 6.65. The van der Waals surface area contributed by atoms with Gasteiger partial charge in [0.2, 0.25) is 10.0 Å². The van der Waals surface area contributed by atoms with Crippen molar-refractivity contribution in [2.24, 2.45) is 0 Å². The van der Waals surface area contributed by atoms with Crippen LogP contribution < -0.4 is 10.6 Å². The van der Waals surface area contributed by atoms with E-state index in [2.05, 4.69) is 10.6 Å². The van der Waals surface area contributed by atoms with Gasteiger partial charge in [-0.05, 0) is 54.9 Å². The van der Waals surface area contributed by atoms with Crippen LogP contribution in [0.2, 0.25) is 0 Å². The molecule has 2 aromatic rings. The van der Waals surface area contributed by atoms with Crippen LogP contribution in [0.25, 0.3) is 0 Å². The van der Waals surface area contributed by atoms with E-state index in [9.17, 15) is 8.42 Å². The minimum absolute atomic E-state index is 0.201. The number of hydrogen-bond acceptors (Lipinski definition) is 4. The fourth-order valence-electron chi connectivity index (χ4n) is 3.00. The molecule has 0 radical (unpaired) electrons. The molecule has 3 rings (SSSR count). The second-order valence-electron chi connectivity index (χ2n) is 6.74. The van der Waals surface area contributed by atoms with Crippen LogP contribution in [-0.2, 0) is 21.3 Å². The topological polar surface area (TPSA) is 70.7 Å². The molecule has 0 amide bonds. The van der Waals surface area contributed by atoms with E-state index in [-0.39, 0.29) is 11.0 Å². The summed E-state index contributed by atoms with van der Waals surface area (Å²) in [7, 11) is -1.98. The van der Waals surface area contributed by atoms with Crippen LogP contribution in [0.4, 0.5) is 5.69 Å². The summed E-state index contributed by atoms with van der Waals surface area (Å²) in [5.74, 6) is 0. The van der Waals surface area contributed by atoms with Gasteiger partial charge in [0.05, 0.1) is 11.0 Å².